The highest BCUT2D eigenvalue weighted by Gasteiger charge is 2.15. The molecule has 0 amide bonds. The third-order valence-electron chi connectivity index (χ3n) is 3.86. The maximum absolute atomic E-state index is 11.1. The van der Waals surface area contributed by atoms with Gasteiger partial charge in [0.15, 0.2) is 5.78 Å². The molecule has 1 aliphatic carbocycles. The molecule has 0 unspecified atom stereocenters. The van der Waals surface area contributed by atoms with Crippen molar-refractivity contribution < 1.29 is 4.79 Å². The SMILES string of the molecule is CC(=O)/C=C(\C)c1ccc(C2CCCCC2)cc1. The van der Waals surface area contributed by atoms with Crippen LogP contribution in [0.4, 0.5) is 0 Å². The Morgan fingerprint density at radius 2 is 1.67 bits per heavy atom. The Hall–Kier alpha value is -1.37. The minimum Gasteiger partial charge on any atom is -0.295 e. The summed E-state index contributed by atoms with van der Waals surface area (Å²) >= 11 is 0. The Morgan fingerprint density at radius 3 is 2.22 bits per heavy atom. The fraction of sp³-hybridized carbons (Fsp3) is 0.471. The summed E-state index contributed by atoms with van der Waals surface area (Å²) in [5.74, 6) is 0.869. The van der Waals surface area contributed by atoms with Crippen LogP contribution in [0.5, 0.6) is 0 Å². The lowest BCUT2D eigenvalue weighted by Crippen LogP contribution is -2.04. The molecule has 1 heteroatoms. The molecule has 0 aromatic heterocycles. The van der Waals surface area contributed by atoms with E-state index < -0.39 is 0 Å². The van der Waals surface area contributed by atoms with Crippen LogP contribution in [0.1, 0.15) is 63.0 Å². The second-order valence-corrected chi connectivity index (χ2v) is 5.39. The number of allylic oxidation sites excluding steroid dienone is 2. The second kappa shape index (κ2) is 5.99. The molecule has 0 atom stereocenters. The van der Waals surface area contributed by atoms with Crippen molar-refractivity contribution in [3.8, 4) is 0 Å². The summed E-state index contributed by atoms with van der Waals surface area (Å²) in [7, 11) is 0. The molecule has 96 valence electrons. The van der Waals surface area contributed by atoms with Crippen molar-refractivity contribution in [3.63, 3.8) is 0 Å². The van der Waals surface area contributed by atoms with Gasteiger partial charge in [-0.05, 0) is 55.4 Å². The average molecular weight is 242 g/mol. The smallest absolute Gasteiger partial charge is 0.152 e. The molecule has 0 aliphatic heterocycles. The summed E-state index contributed by atoms with van der Waals surface area (Å²) in [6.07, 6.45) is 8.51. The predicted molar refractivity (Wildman–Crippen MR) is 76.6 cm³/mol. The summed E-state index contributed by atoms with van der Waals surface area (Å²) in [4.78, 5) is 11.1. The van der Waals surface area contributed by atoms with E-state index >= 15 is 0 Å². The quantitative estimate of drug-likeness (QED) is 0.700. The lowest BCUT2D eigenvalue weighted by Gasteiger charge is -2.22. The van der Waals surface area contributed by atoms with Crippen LogP contribution in [0, 0.1) is 0 Å². The molecule has 0 heterocycles. The molecule has 1 nitrogen and oxygen atoms in total. The molecule has 1 fully saturated rings. The Labute approximate surface area is 110 Å². The fourth-order valence-electron chi connectivity index (χ4n) is 2.84. The average Bonchev–Trinajstić information content (AvgIpc) is 2.39. The summed E-state index contributed by atoms with van der Waals surface area (Å²) in [6.45, 7) is 3.59. The number of rotatable bonds is 3. The van der Waals surface area contributed by atoms with Crippen molar-refractivity contribution >= 4 is 11.4 Å². The summed E-state index contributed by atoms with van der Waals surface area (Å²) < 4.78 is 0. The van der Waals surface area contributed by atoms with Gasteiger partial charge in [0.1, 0.15) is 0 Å². The van der Waals surface area contributed by atoms with Crippen LogP contribution in [0.3, 0.4) is 0 Å². The molecule has 1 saturated carbocycles. The summed E-state index contributed by atoms with van der Waals surface area (Å²) in [6, 6.07) is 8.78. The van der Waals surface area contributed by atoms with Crippen molar-refractivity contribution in [1.82, 2.24) is 0 Å². The van der Waals surface area contributed by atoms with Gasteiger partial charge in [0.25, 0.3) is 0 Å². The van der Waals surface area contributed by atoms with E-state index in [0.29, 0.717) is 0 Å². The first-order chi connectivity index (χ1) is 8.66. The van der Waals surface area contributed by atoms with Crippen molar-refractivity contribution in [3.05, 3.63) is 41.5 Å². The van der Waals surface area contributed by atoms with Gasteiger partial charge in [-0.2, -0.15) is 0 Å². The Bertz CT molecular complexity index is 433. The third-order valence-corrected chi connectivity index (χ3v) is 3.86. The molecule has 0 radical (unpaired) electrons. The monoisotopic (exact) mass is 242 g/mol. The first kappa shape index (κ1) is 13.1. The number of carbonyl (C=O) groups is 1. The molecule has 18 heavy (non-hydrogen) atoms. The number of ketones is 1. The van der Waals surface area contributed by atoms with Crippen molar-refractivity contribution in [2.75, 3.05) is 0 Å². The van der Waals surface area contributed by atoms with E-state index in [1.54, 1.807) is 13.0 Å². The highest BCUT2D eigenvalue weighted by Crippen LogP contribution is 2.32. The van der Waals surface area contributed by atoms with Gasteiger partial charge in [0.05, 0.1) is 0 Å². The number of carbonyl (C=O) groups excluding carboxylic acids is 1. The number of hydrogen-bond donors (Lipinski definition) is 0. The van der Waals surface area contributed by atoms with Crippen LogP contribution >= 0.6 is 0 Å². The summed E-state index contributed by atoms with van der Waals surface area (Å²) in [5, 5.41) is 0. The largest absolute Gasteiger partial charge is 0.295 e. The Balaban J connectivity index is 2.12. The Morgan fingerprint density at radius 1 is 1.06 bits per heavy atom. The van der Waals surface area contributed by atoms with E-state index in [-0.39, 0.29) is 5.78 Å². The zero-order valence-electron chi connectivity index (χ0n) is 11.4. The van der Waals surface area contributed by atoms with Crippen LogP contribution in [0.25, 0.3) is 5.57 Å². The molecule has 0 saturated heterocycles. The van der Waals surface area contributed by atoms with Gasteiger partial charge in [-0.3, -0.25) is 4.79 Å². The lowest BCUT2D eigenvalue weighted by molar-refractivity contribution is -0.112. The normalized spacial score (nSPS) is 17.8. The van der Waals surface area contributed by atoms with Crippen molar-refractivity contribution in [2.45, 2.75) is 51.9 Å². The van der Waals surface area contributed by atoms with Gasteiger partial charge in [-0.25, -0.2) is 0 Å². The van der Waals surface area contributed by atoms with Gasteiger partial charge in [-0.1, -0.05) is 43.5 Å². The van der Waals surface area contributed by atoms with Gasteiger partial charge in [-0.15, -0.1) is 0 Å². The van der Waals surface area contributed by atoms with E-state index in [2.05, 4.69) is 24.3 Å². The van der Waals surface area contributed by atoms with Crippen molar-refractivity contribution in [1.29, 1.82) is 0 Å². The Kier molecular flexibility index (Phi) is 4.35. The van der Waals surface area contributed by atoms with Gasteiger partial charge < -0.3 is 0 Å². The lowest BCUT2D eigenvalue weighted by atomic mass is 9.84. The number of hydrogen-bond acceptors (Lipinski definition) is 1. The van der Waals surface area contributed by atoms with Crippen LogP contribution in [-0.4, -0.2) is 5.78 Å². The molecule has 0 bridgehead atoms. The topological polar surface area (TPSA) is 17.1 Å². The maximum atomic E-state index is 11.1. The first-order valence-corrected chi connectivity index (χ1v) is 6.96. The zero-order chi connectivity index (χ0) is 13.0. The molecule has 1 aromatic rings. The highest BCUT2D eigenvalue weighted by atomic mass is 16.1. The third kappa shape index (κ3) is 3.32. The second-order valence-electron chi connectivity index (χ2n) is 5.39. The molecule has 1 aromatic carbocycles. The molecular weight excluding hydrogens is 220 g/mol. The molecular formula is C17H22O. The van der Waals surface area contributed by atoms with Gasteiger partial charge in [0, 0.05) is 0 Å². The van der Waals surface area contributed by atoms with E-state index in [1.807, 2.05) is 6.92 Å². The zero-order valence-corrected chi connectivity index (χ0v) is 11.4. The van der Waals surface area contributed by atoms with E-state index in [9.17, 15) is 4.79 Å². The molecule has 0 N–H and O–H groups in total. The first-order valence-electron chi connectivity index (χ1n) is 6.96. The minimum absolute atomic E-state index is 0.115. The van der Waals surface area contributed by atoms with Crippen LogP contribution in [-0.2, 0) is 4.79 Å². The van der Waals surface area contributed by atoms with E-state index in [0.717, 1.165) is 17.1 Å². The van der Waals surface area contributed by atoms with E-state index in [1.165, 1.54) is 37.7 Å². The minimum atomic E-state index is 0.115. The van der Waals surface area contributed by atoms with Crippen molar-refractivity contribution in [2.24, 2.45) is 0 Å². The van der Waals surface area contributed by atoms with Gasteiger partial charge >= 0.3 is 0 Å². The summed E-state index contributed by atoms with van der Waals surface area (Å²) in [5.41, 5.74) is 3.68. The maximum Gasteiger partial charge on any atom is 0.152 e. The fourth-order valence-corrected chi connectivity index (χ4v) is 2.84. The molecule has 2 rings (SSSR count). The predicted octanol–water partition coefficient (Wildman–Crippen LogP) is 4.73. The highest BCUT2D eigenvalue weighted by molar-refractivity contribution is 5.94. The van der Waals surface area contributed by atoms with Crippen LogP contribution in [0.15, 0.2) is 30.3 Å². The molecule has 1 aliphatic rings. The number of benzene rings is 1. The van der Waals surface area contributed by atoms with Crippen LogP contribution < -0.4 is 0 Å². The van der Waals surface area contributed by atoms with E-state index in [4.69, 9.17) is 0 Å². The molecule has 0 spiro atoms. The van der Waals surface area contributed by atoms with Crippen LogP contribution in [0.2, 0.25) is 0 Å². The standard InChI is InChI=1S/C17H22O/c1-13(12-14(2)18)15-8-10-17(11-9-15)16-6-4-3-5-7-16/h8-12,16H,3-7H2,1-2H3/b13-12+. The van der Waals surface area contributed by atoms with Gasteiger partial charge in [0.2, 0.25) is 0 Å².